The van der Waals surface area contributed by atoms with Crippen LogP contribution in [0.5, 0.6) is 0 Å². The van der Waals surface area contributed by atoms with Crippen LogP contribution in [0.3, 0.4) is 0 Å². The van der Waals surface area contributed by atoms with Crippen LogP contribution < -0.4 is 5.32 Å². The number of aliphatic hydroxyl groups is 1. The fourth-order valence-corrected chi connectivity index (χ4v) is 4.45. The molecule has 0 saturated carbocycles. The highest BCUT2D eigenvalue weighted by molar-refractivity contribution is 6.06. The van der Waals surface area contributed by atoms with Crippen molar-refractivity contribution in [3.8, 4) is 11.1 Å². The summed E-state index contributed by atoms with van der Waals surface area (Å²) >= 11 is 0. The van der Waals surface area contributed by atoms with Gasteiger partial charge in [0.1, 0.15) is 0 Å². The van der Waals surface area contributed by atoms with Crippen molar-refractivity contribution < 1.29 is 9.90 Å². The van der Waals surface area contributed by atoms with Crippen LogP contribution in [0.2, 0.25) is 0 Å². The standard InChI is InChI=1S/C27H29N5O2/c33-23-10-12-32(13-11-23)18-19-14-21(17-28-16-19)20-8-9-25-24(15-20)26(31-30-25)27(34)29-22-6-4-2-1-3-5-7-22/h1-2,4,6-9,14-17,23,33H,3,5,10-13,18H2,(H,29,34)(H,30,31)/b2-1-,6-4?,22-7?. The average molecular weight is 456 g/mol. The van der Waals surface area contributed by atoms with Gasteiger partial charge in [-0.25, -0.2) is 0 Å². The third kappa shape index (κ3) is 5.16. The van der Waals surface area contributed by atoms with Crippen LogP contribution in [-0.4, -0.2) is 50.3 Å². The van der Waals surface area contributed by atoms with Crippen LogP contribution in [0.4, 0.5) is 0 Å². The molecule has 0 unspecified atom stereocenters. The van der Waals surface area contributed by atoms with Crippen LogP contribution in [-0.2, 0) is 6.54 Å². The van der Waals surface area contributed by atoms with Crippen molar-refractivity contribution in [3.05, 3.63) is 84.0 Å². The highest BCUT2D eigenvalue weighted by atomic mass is 16.3. The van der Waals surface area contributed by atoms with Crippen molar-refractivity contribution >= 4 is 16.8 Å². The van der Waals surface area contributed by atoms with E-state index in [4.69, 9.17) is 0 Å². The zero-order valence-corrected chi connectivity index (χ0v) is 19.1. The van der Waals surface area contributed by atoms with E-state index in [2.05, 4.69) is 37.5 Å². The molecule has 174 valence electrons. The lowest BCUT2D eigenvalue weighted by atomic mass is 10.0. The second kappa shape index (κ2) is 10.2. The maximum absolute atomic E-state index is 13.0. The van der Waals surface area contributed by atoms with Gasteiger partial charge in [0, 0.05) is 48.7 Å². The van der Waals surface area contributed by atoms with Gasteiger partial charge in [-0.3, -0.25) is 19.8 Å². The predicted octanol–water partition coefficient (Wildman–Crippen LogP) is 4.10. The van der Waals surface area contributed by atoms with Crippen LogP contribution in [0.15, 0.2) is 72.7 Å². The molecule has 1 amide bonds. The molecule has 7 heteroatoms. The molecule has 0 bridgehead atoms. The van der Waals surface area contributed by atoms with Gasteiger partial charge < -0.3 is 10.4 Å². The number of carbonyl (C=O) groups excluding carboxylic acids is 1. The van der Waals surface area contributed by atoms with Crippen molar-refractivity contribution in [2.45, 2.75) is 38.3 Å². The monoisotopic (exact) mass is 455 g/mol. The number of aromatic amines is 1. The van der Waals surface area contributed by atoms with E-state index in [1.54, 1.807) is 0 Å². The summed E-state index contributed by atoms with van der Waals surface area (Å²) in [5, 5.41) is 20.8. The molecule has 5 rings (SSSR count). The van der Waals surface area contributed by atoms with Crippen LogP contribution in [0, 0.1) is 0 Å². The van der Waals surface area contributed by atoms with Gasteiger partial charge in [0.05, 0.1) is 11.6 Å². The summed E-state index contributed by atoms with van der Waals surface area (Å²) in [6, 6.07) is 8.12. The zero-order valence-electron chi connectivity index (χ0n) is 19.1. The van der Waals surface area contributed by atoms with Crippen molar-refractivity contribution in [1.29, 1.82) is 0 Å². The van der Waals surface area contributed by atoms with Gasteiger partial charge in [-0.2, -0.15) is 5.10 Å². The minimum absolute atomic E-state index is 0.176. The zero-order chi connectivity index (χ0) is 23.3. The van der Waals surface area contributed by atoms with E-state index in [-0.39, 0.29) is 12.0 Å². The molecule has 0 spiro atoms. The summed E-state index contributed by atoms with van der Waals surface area (Å²) in [6.07, 6.45) is 17.0. The number of aliphatic hydroxyl groups excluding tert-OH is 1. The Kier molecular flexibility index (Phi) is 6.65. The van der Waals surface area contributed by atoms with Crippen molar-refractivity contribution in [3.63, 3.8) is 0 Å². The Morgan fingerprint density at radius 1 is 1.12 bits per heavy atom. The molecule has 3 N–H and O–H groups in total. The van der Waals surface area contributed by atoms with Crippen molar-refractivity contribution in [2.75, 3.05) is 13.1 Å². The second-order valence-electron chi connectivity index (χ2n) is 8.90. The van der Waals surface area contributed by atoms with Gasteiger partial charge in [0.2, 0.25) is 0 Å². The van der Waals surface area contributed by atoms with Gasteiger partial charge in [0.15, 0.2) is 5.69 Å². The third-order valence-electron chi connectivity index (χ3n) is 6.35. The Morgan fingerprint density at radius 3 is 2.88 bits per heavy atom. The number of fused-ring (bicyclic) bond motifs is 1. The molecule has 3 heterocycles. The van der Waals surface area contributed by atoms with E-state index in [0.717, 1.165) is 78.6 Å². The van der Waals surface area contributed by atoms with Crippen LogP contribution in [0.1, 0.15) is 41.7 Å². The largest absolute Gasteiger partial charge is 0.393 e. The minimum atomic E-state index is -0.233. The Morgan fingerprint density at radius 2 is 2.00 bits per heavy atom. The molecule has 2 aromatic heterocycles. The fourth-order valence-electron chi connectivity index (χ4n) is 4.45. The summed E-state index contributed by atoms with van der Waals surface area (Å²) < 4.78 is 0. The number of allylic oxidation sites excluding steroid dienone is 5. The first-order chi connectivity index (χ1) is 16.7. The summed E-state index contributed by atoms with van der Waals surface area (Å²) in [6.45, 7) is 2.60. The van der Waals surface area contributed by atoms with E-state index in [1.165, 1.54) is 0 Å². The number of hydrogen-bond acceptors (Lipinski definition) is 5. The number of pyridine rings is 1. The Bertz CT molecular complexity index is 1270. The molecule has 0 atom stereocenters. The van der Waals surface area contributed by atoms with Crippen LogP contribution >= 0.6 is 0 Å². The molecular formula is C27H29N5O2. The number of piperidine rings is 1. The molecule has 7 nitrogen and oxygen atoms in total. The molecule has 1 aliphatic carbocycles. The quantitative estimate of drug-likeness (QED) is 0.539. The average Bonchev–Trinajstić information content (AvgIpc) is 3.26. The first-order valence-electron chi connectivity index (χ1n) is 11.8. The number of H-pyrrole nitrogens is 1. The van der Waals surface area contributed by atoms with Crippen molar-refractivity contribution in [1.82, 2.24) is 25.4 Å². The van der Waals surface area contributed by atoms with E-state index >= 15 is 0 Å². The van der Waals surface area contributed by atoms with Gasteiger partial charge >= 0.3 is 0 Å². The van der Waals surface area contributed by atoms with Gasteiger partial charge in [0.25, 0.3) is 5.91 Å². The highest BCUT2D eigenvalue weighted by Crippen LogP contribution is 2.26. The summed E-state index contributed by atoms with van der Waals surface area (Å²) in [5.74, 6) is -0.233. The third-order valence-corrected chi connectivity index (χ3v) is 6.35. The molecule has 3 aromatic rings. The van der Waals surface area contributed by atoms with Crippen molar-refractivity contribution in [2.24, 2.45) is 0 Å². The maximum atomic E-state index is 13.0. The topological polar surface area (TPSA) is 94.1 Å². The highest BCUT2D eigenvalue weighted by Gasteiger charge is 2.18. The van der Waals surface area contributed by atoms with Gasteiger partial charge in [-0.15, -0.1) is 0 Å². The smallest absolute Gasteiger partial charge is 0.276 e. The molecular weight excluding hydrogens is 426 g/mol. The molecule has 34 heavy (non-hydrogen) atoms. The minimum Gasteiger partial charge on any atom is -0.393 e. The van der Waals surface area contributed by atoms with Gasteiger partial charge in [-0.1, -0.05) is 30.4 Å². The number of aromatic nitrogens is 3. The Hall–Kier alpha value is -3.55. The molecule has 1 fully saturated rings. The Labute approximate surface area is 198 Å². The number of carbonyl (C=O) groups is 1. The summed E-state index contributed by atoms with van der Waals surface area (Å²) in [7, 11) is 0. The van der Waals surface area contributed by atoms with E-state index < -0.39 is 0 Å². The predicted molar refractivity (Wildman–Crippen MR) is 133 cm³/mol. The maximum Gasteiger partial charge on any atom is 0.276 e. The normalized spacial score (nSPS) is 18.3. The number of rotatable bonds is 5. The number of nitrogens with zero attached hydrogens (tertiary/aromatic N) is 3. The fraction of sp³-hybridized carbons (Fsp3) is 0.296. The number of benzene rings is 1. The van der Waals surface area contributed by atoms with E-state index in [9.17, 15) is 9.90 Å². The SMILES string of the molecule is O=C(NC1=CCC/C=C\C=C1)c1n[nH]c2ccc(-c3cncc(CN4CCC(O)CC4)c3)cc12. The molecule has 1 saturated heterocycles. The molecule has 1 aliphatic heterocycles. The number of nitrogens with one attached hydrogen (secondary N) is 2. The second-order valence-corrected chi connectivity index (χ2v) is 8.90. The molecule has 2 aliphatic rings. The van der Waals surface area contributed by atoms with Gasteiger partial charge in [-0.05, 0) is 61.1 Å². The number of amides is 1. The van der Waals surface area contributed by atoms with E-state index in [0.29, 0.717) is 5.69 Å². The Balaban J connectivity index is 1.36. The summed E-state index contributed by atoms with van der Waals surface area (Å²) in [5.41, 5.74) is 5.10. The number of likely N-dealkylation sites (tertiary alicyclic amines) is 1. The lowest BCUT2D eigenvalue weighted by Crippen LogP contribution is -2.35. The first kappa shape index (κ1) is 22.3. The first-order valence-corrected chi connectivity index (χ1v) is 11.8. The van der Waals surface area contributed by atoms with Crippen LogP contribution in [0.25, 0.3) is 22.0 Å². The van der Waals surface area contributed by atoms with E-state index in [1.807, 2.05) is 54.9 Å². The molecule has 1 aromatic carbocycles. The summed E-state index contributed by atoms with van der Waals surface area (Å²) in [4.78, 5) is 19.8. The lowest BCUT2D eigenvalue weighted by Gasteiger charge is -2.29. The molecule has 0 radical (unpaired) electrons. The lowest BCUT2D eigenvalue weighted by molar-refractivity contribution is 0.0792. The number of hydrogen-bond donors (Lipinski definition) is 3.